The van der Waals surface area contributed by atoms with Crippen LogP contribution in [0.2, 0.25) is 0 Å². The molecule has 0 unspecified atom stereocenters. The van der Waals surface area contributed by atoms with Crippen LogP contribution in [-0.2, 0) is 25.4 Å². The number of amides is 1. The van der Waals surface area contributed by atoms with Crippen molar-refractivity contribution in [3.8, 4) is 5.75 Å². The van der Waals surface area contributed by atoms with Gasteiger partial charge in [0.15, 0.2) is 0 Å². The Balaban J connectivity index is 1.89. The van der Waals surface area contributed by atoms with Gasteiger partial charge in [0.25, 0.3) is 5.56 Å². The lowest BCUT2D eigenvalue weighted by Gasteiger charge is -2.10. The van der Waals surface area contributed by atoms with Crippen molar-refractivity contribution in [2.24, 2.45) is 14.1 Å². The van der Waals surface area contributed by atoms with E-state index >= 15 is 0 Å². The smallest absolute Gasteiger partial charge is 0.332 e. The van der Waals surface area contributed by atoms with E-state index in [0.29, 0.717) is 22.5 Å². The largest absolute Gasteiger partial charge is 0.497 e. The van der Waals surface area contributed by atoms with Gasteiger partial charge >= 0.3 is 5.69 Å². The Kier molecular flexibility index (Phi) is 4.18. The van der Waals surface area contributed by atoms with E-state index in [0.717, 1.165) is 4.57 Å². The summed E-state index contributed by atoms with van der Waals surface area (Å²) in [4.78, 5) is 36.6. The number of benzene rings is 1. The zero-order valence-electron chi connectivity index (χ0n) is 14.1. The maximum absolute atomic E-state index is 12.3. The summed E-state index contributed by atoms with van der Waals surface area (Å²) in [5.74, 6) is 0.427. The minimum absolute atomic E-state index is 0.0179. The molecule has 0 aliphatic carbocycles. The van der Waals surface area contributed by atoms with Crippen LogP contribution in [0.4, 0.5) is 5.69 Å². The summed E-state index contributed by atoms with van der Waals surface area (Å²) in [7, 11) is 4.57. The molecular formula is C17H18N4O4. The van der Waals surface area contributed by atoms with Crippen molar-refractivity contribution in [2.45, 2.75) is 6.54 Å². The lowest BCUT2D eigenvalue weighted by atomic mass is 10.3. The molecule has 1 amide bonds. The number of carbonyl (C=O) groups is 1. The predicted molar refractivity (Wildman–Crippen MR) is 94.0 cm³/mol. The maximum Gasteiger partial charge on any atom is 0.332 e. The maximum atomic E-state index is 12.3. The first kappa shape index (κ1) is 16.6. The Morgan fingerprint density at radius 1 is 1.08 bits per heavy atom. The van der Waals surface area contributed by atoms with Crippen molar-refractivity contribution in [1.29, 1.82) is 0 Å². The van der Waals surface area contributed by atoms with Crippen LogP contribution in [0.5, 0.6) is 5.75 Å². The van der Waals surface area contributed by atoms with Crippen molar-refractivity contribution in [2.75, 3.05) is 12.4 Å². The molecule has 3 aromatic rings. The minimum Gasteiger partial charge on any atom is -0.497 e. The van der Waals surface area contributed by atoms with Gasteiger partial charge in [0.2, 0.25) is 5.91 Å². The number of aromatic nitrogens is 3. The van der Waals surface area contributed by atoms with Crippen LogP contribution in [0.25, 0.3) is 11.0 Å². The predicted octanol–water partition coefficient (Wildman–Crippen LogP) is 0.686. The van der Waals surface area contributed by atoms with Crippen molar-refractivity contribution >= 4 is 22.6 Å². The highest BCUT2D eigenvalue weighted by molar-refractivity contribution is 5.91. The van der Waals surface area contributed by atoms with Crippen LogP contribution in [0, 0.1) is 0 Å². The van der Waals surface area contributed by atoms with Crippen LogP contribution in [0.1, 0.15) is 0 Å². The normalized spacial score (nSPS) is 10.8. The average molecular weight is 342 g/mol. The molecule has 0 fully saturated rings. The quantitative estimate of drug-likeness (QED) is 0.755. The first-order valence-corrected chi connectivity index (χ1v) is 7.61. The molecule has 0 bridgehead atoms. The van der Waals surface area contributed by atoms with E-state index in [9.17, 15) is 14.4 Å². The molecule has 2 aromatic heterocycles. The number of hydrogen-bond acceptors (Lipinski definition) is 4. The highest BCUT2D eigenvalue weighted by Gasteiger charge is 2.14. The second-order valence-corrected chi connectivity index (χ2v) is 5.66. The third-order valence-electron chi connectivity index (χ3n) is 4.05. The van der Waals surface area contributed by atoms with Gasteiger partial charge in [0, 0.05) is 26.0 Å². The molecule has 3 rings (SSSR count). The summed E-state index contributed by atoms with van der Waals surface area (Å²) in [5, 5.41) is 3.16. The van der Waals surface area contributed by atoms with Gasteiger partial charge in [-0.15, -0.1) is 0 Å². The second kappa shape index (κ2) is 6.31. The Labute approximate surface area is 142 Å². The number of rotatable bonds is 4. The number of nitrogens with zero attached hydrogens (tertiary/aromatic N) is 3. The van der Waals surface area contributed by atoms with E-state index in [1.807, 2.05) is 0 Å². The highest BCUT2D eigenvalue weighted by Crippen LogP contribution is 2.15. The zero-order chi connectivity index (χ0) is 18.1. The molecule has 0 aliphatic rings. The van der Waals surface area contributed by atoms with Crippen LogP contribution in [0.3, 0.4) is 0 Å². The van der Waals surface area contributed by atoms with Gasteiger partial charge in [-0.25, -0.2) is 4.79 Å². The SMILES string of the molecule is COc1ccc(NC(=O)Cn2ccc3c(=O)n(C)c(=O)n(C)c32)cc1. The number of hydrogen-bond donors (Lipinski definition) is 1. The number of nitrogens with one attached hydrogen (secondary N) is 1. The topological polar surface area (TPSA) is 87.3 Å². The summed E-state index contributed by atoms with van der Waals surface area (Å²) in [6, 6.07) is 8.56. The Bertz CT molecular complexity index is 1060. The summed E-state index contributed by atoms with van der Waals surface area (Å²) in [5.41, 5.74) is 0.227. The average Bonchev–Trinajstić information content (AvgIpc) is 3.02. The molecule has 0 saturated carbocycles. The second-order valence-electron chi connectivity index (χ2n) is 5.66. The third kappa shape index (κ3) is 2.93. The summed E-state index contributed by atoms with van der Waals surface area (Å²) in [6.45, 7) is -0.0179. The summed E-state index contributed by atoms with van der Waals surface area (Å²) in [6.07, 6.45) is 1.62. The lowest BCUT2D eigenvalue weighted by Crippen LogP contribution is -2.37. The Morgan fingerprint density at radius 2 is 1.76 bits per heavy atom. The van der Waals surface area contributed by atoms with Crippen LogP contribution < -0.4 is 21.3 Å². The van der Waals surface area contributed by atoms with Gasteiger partial charge in [0.1, 0.15) is 17.9 Å². The fourth-order valence-corrected chi connectivity index (χ4v) is 2.74. The first-order chi connectivity index (χ1) is 11.9. The molecule has 0 saturated heterocycles. The lowest BCUT2D eigenvalue weighted by molar-refractivity contribution is -0.116. The highest BCUT2D eigenvalue weighted by atomic mass is 16.5. The van der Waals surface area contributed by atoms with Crippen LogP contribution in [0.15, 0.2) is 46.1 Å². The van der Waals surface area contributed by atoms with Crippen molar-refractivity contribution in [1.82, 2.24) is 13.7 Å². The van der Waals surface area contributed by atoms with Crippen LogP contribution >= 0.6 is 0 Å². The molecule has 2 heterocycles. The first-order valence-electron chi connectivity index (χ1n) is 7.61. The number of aryl methyl sites for hydroxylation is 1. The fraction of sp³-hybridized carbons (Fsp3) is 0.235. The Hall–Kier alpha value is -3.29. The van der Waals surface area contributed by atoms with Gasteiger partial charge in [-0.05, 0) is 30.3 Å². The number of fused-ring (bicyclic) bond motifs is 1. The number of anilines is 1. The van der Waals surface area contributed by atoms with Crippen molar-refractivity contribution in [3.05, 3.63) is 57.4 Å². The fourth-order valence-electron chi connectivity index (χ4n) is 2.74. The van der Waals surface area contributed by atoms with Gasteiger partial charge in [-0.2, -0.15) is 0 Å². The molecule has 8 nitrogen and oxygen atoms in total. The monoisotopic (exact) mass is 342 g/mol. The number of ether oxygens (including phenoxy) is 1. The molecule has 130 valence electrons. The van der Waals surface area contributed by atoms with E-state index in [-0.39, 0.29) is 18.0 Å². The molecule has 0 aliphatic heterocycles. The van der Waals surface area contributed by atoms with Gasteiger partial charge in [-0.1, -0.05) is 0 Å². The number of carbonyl (C=O) groups excluding carboxylic acids is 1. The summed E-state index contributed by atoms with van der Waals surface area (Å²) < 4.78 is 9.06. The molecule has 0 atom stereocenters. The van der Waals surface area contributed by atoms with E-state index in [1.165, 1.54) is 11.6 Å². The molecule has 25 heavy (non-hydrogen) atoms. The molecule has 0 spiro atoms. The van der Waals surface area contributed by atoms with Crippen molar-refractivity contribution < 1.29 is 9.53 Å². The third-order valence-corrected chi connectivity index (χ3v) is 4.05. The summed E-state index contributed by atoms with van der Waals surface area (Å²) >= 11 is 0. The standard InChI is InChI=1S/C17H18N4O4/c1-19-15-13(16(23)20(2)17(19)24)8-9-21(15)10-14(22)18-11-4-6-12(25-3)7-5-11/h4-9H,10H2,1-3H3,(H,18,22). The molecule has 0 radical (unpaired) electrons. The molecule has 8 heteroatoms. The zero-order valence-corrected chi connectivity index (χ0v) is 14.1. The molecular weight excluding hydrogens is 324 g/mol. The van der Waals surface area contributed by atoms with Crippen molar-refractivity contribution in [3.63, 3.8) is 0 Å². The molecule has 1 N–H and O–H groups in total. The van der Waals surface area contributed by atoms with E-state index in [4.69, 9.17) is 4.74 Å². The molecule has 1 aromatic carbocycles. The van der Waals surface area contributed by atoms with E-state index in [2.05, 4.69) is 5.32 Å². The minimum atomic E-state index is -0.437. The number of methoxy groups -OCH3 is 1. The van der Waals surface area contributed by atoms with Gasteiger partial charge in [0.05, 0.1) is 12.5 Å². The van der Waals surface area contributed by atoms with E-state index < -0.39 is 5.69 Å². The van der Waals surface area contributed by atoms with E-state index in [1.54, 1.807) is 55.3 Å². The Morgan fingerprint density at radius 3 is 2.40 bits per heavy atom. The van der Waals surface area contributed by atoms with Crippen LogP contribution in [-0.4, -0.2) is 26.7 Å². The van der Waals surface area contributed by atoms with Gasteiger partial charge in [-0.3, -0.25) is 18.7 Å². The van der Waals surface area contributed by atoms with Gasteiger partial charge < -0.3 is 14.6 Å².